The molecule has 0 aliphatic heterocycles. The van der Waals surface area contributed by atoms with Crippen LogP contribution in [0.3, 0.4) is 0 Å². The number of nitrogens with zero attached hydrogens (tertiary/aromatic N) is 2. The second kappa shape index (κ2) is 8.36. The molecule has 0 unspecified atom stereocenters. The van der Waals surface area contributed by atoms with E-state index in [0.717, 1.165) is 20.3 Å². The van der Waals surface area contributed by atoms with E-state index in [9.17, 15) is 9.59 Å². The van der Waals surface area contributed by atoms with Gasteiger partial charge in [-0.15, -0.1) is 11.3 Å². The molecule has 2 aromatic carbocycles. The molecule has 0 saturated carbocycles. The van der Waals surface area contributed by atoms with E-state index in [2.05, 4.69) is 15.3 Å². The fourth-order valence-corrected chi connectivity index (χ4v) is 5.41. The molecule has 0 aliphatic carbocycles. The van der Waals surface area contributed by atoms with Crippen molar-refractivity contribution in [1.29, 1.82) is 0 Å². The molecular weight excluding hydrogens is 430 g/mol. The molecule has 4 rings (SSSR count). The lowest BCUT2D eigenvalue weighted by molar-refractivity contribution is -0.113. The molecule has 1 amide bonds. The van der Waals surface area contributed by atoms with Crippen LogP contribution in [-0.2, 0) is 4.79 Å². The lowest BCUT2D eigenvalue weighted by Crippen LogP contribution is -2.13. The molecule has 148 valence electrons. The van der Waals surface area contributed by atoms with Gasteiger partial charge in [0.2, 0.25) is 5.91 Å². The number of benzene rings is 2. The van der Waals surface area contributed by atoms with Gasteiger partial charge in [-0.25, -0.2) is 14.8 Å². The van der Waals surface area contributed by atoms with Crippen LogP contribution in [0.5, 0.6) is 5.75 Å². The van der Waals surface area contributed by atoms with Gasteiger partial charge >= 0.3 is 5.97 Å². The molecule has 0 atom stereocenters. The summed E-state index contributed by atoms with van der Waals surface area (Å²) < 4.78 is 8.03. The molecule has 2 heterocycles. The summed E-state index contributed by atoms with van der Waals surface area (Å²) >= 11 is 4.12. The number of hydrogen-bond donors (Lipinski definition) is 2. The Morgan fingerprint density at radius 2 is 1.86 bits per heavy atom. The number of amides is 1. The van der Waals surface area contributed by atoms with Gasteiger partial charge in [-0.3, -0.25) is 4.79 Å². The Labute approximate surface area is 177 Å². The zero-order chi connectivity index (χ0) is 20.4. The molecular formula is C19H15N3O4S3. The number of carbonyl (C=O) groups is 2. The number of hydrogen-bond acceptors (Lipinski definition) is 8. The van der Waals surface area contributed by atoms with Crippen molar-refractivity contribution in [2.45, 2.75) is 11.3 Å². The van der Waals surface area contributed by atoms with Crippen molar-refractivity contribution in [2.24, 2.45) is 0 Å². The van der Waals surface area contributed by atoms with Crippen LogP contribution in [0.15, 0.2) is 40.7 Å². The summed E-state index contributed by atoms with van der Waals surface area (Å²) in [6, 6.07) is 10.4. The molecule has 10 heteroatoms. The van der Waals surface area contributed by atoms with Crippen LogP contribution in [0.1, 0.15) is 17.3 Å². The number of rotatable bonds is 7. The first-order valence-corrected chi connectivity index (χ1v) is 11.2. The van der Waals surface area contributed by atoms with E-state index in [4.69, 9.17) is 9.84 Å². The Balaban J connectivity index is 1.40. The maximum Gasteiger partial charge on any atom is 0.335 e. The Bertz CT molecular complexity index is 1220. The van der Waals surface area contributed by atoms with Crippen LogP contribution in [0.25, 0.3) is 20.4 Å². The number of carbonyl (C=O) groups excluding carboxylic acids is 1. The Morgan fingerprint density at radius 1 is 1.10 bits per heavy atom. The van der Waals surface area contributed by atoms with E-state index in [1.807, 2.05) is 25.1 Å². The van der Waals surface area contributed by atoms with Gasteiger partial charge in [0.1, 0.15) is 5.75 Å². The van der Waals surface area contributed by atoms with Gasteiger partial charge in [0.15, 0.2) is 9.47 Å². The highest BCUT2D eigenvalue weighted by Crippen LogP contribution is 2.32. The number of carboxylic acids is 1. The average Bonchev–Trinajstić information content (AvgIpc) is 3.28. The number of fused-ring (bicyclic) bond motifs is 2. The van der Waals surface area contributed by atoms with Crippen molar-refractivity contribution in [3.63, 3.8) is 0 Å². The molecule has 29 heavy (non-hydrogen) atoms. The SMILES string of the molecule is CCOc1ccc2nc(SCC(=O)Nc3nc4ccc(C(=O)O)cc4s3)sc2c1. The Morgan fingerprint density at radius 3 is 2.66 bits per heavy atom. The maximum atomic E-state index is 12.3. The number of aromatic nitrogens is 2. The van der Waals surface area contributed by atoms with E-state index < -0.39 is 5.97 Å². The first kappa shape index (κ1) is 19.6. The number of thiazole rings is 2. The summed E-state index contributed by atoms with van der Waals surface area (Å²) in [5, 5.41) is 12.3. The molecule has 0 bridgehead atoms. The minimum absolute atomic E-state index is 0.193. The third-order valence-electron chi connectivity index (χ3n) is 3.86. The number of carboxylic acid groups (broad SMARTS) is 1. The molecule has 7 nitrogen and oxygen atoms in total. The highest BCUT2D eigenvalue weighted by Gasteiger charge is 2.12. The summed E-state index contributed by atoms with van der Waals surface area (Å²) in [6.45, 7) is 2.54. The van der Waals surface area contributed by atoms with Crippen LogP contribution in [-0.4, -0.2) is 39.3 Å². The van der Waals surface area contributed by atoms with Crippen molar-refractivity contribution in [1.82, 2.24) is 9.97 Å². The van der Waals surface area contributed by atoms with Crippen molar-refractivity contribution >= 4 is 71.9 Å². The van der Waals surface area contributed by atoms with Crippen LogP contribution < -0.4 is 10.1 Å². The minimum atomic E-state index is -0.994. The van der Waals surface area contributed by atoms with Crippen LogP contribution >= 0.6 is 34.4 Å². The van der Waals surface area contributed by atoms with Crippen molar-refractivity contribution in [3.05, 3.63) is 42.0 Å². The van der Waals surface area contributed by atoms with Gasteiger partial charge in [-0.05, 0) is 43.3 Å². The number of ether oxygens (including phenoxy) is 1. The van der Waals surface area contributed by atoms with Crippen molar-refractivity contribution in [3.8, 4) is 5.75 Å². The van der Waals surface area contributed by atoms with Crippen molar-refractivity contribution in [2.75, 3.05) is 17.7 Å². The van der Waals surface area contributed by atoms with Gasteiger partial charge in [0, 0.05) is 0 Å². The fraction of sp³-hybridized carbons (Fsp3) is 0.158. The normalized spacial score (nSPS) is 11.1. The fourth-order valence-electron chi connectivity index (χ4n) is 2.60. The molecule has 0 radical (unpaired) electrons. The second-order valence-electron chi connectivity index (χ2n) is 5.89. The number of nitrogens with one attached hydrogen (secondary N) is 1. The maximum absolute atomic E-state index is 12.3. The lowest BCUT2D eigenvalue weighted by Gasteiger charge is -2.00. The molecule has 4 aromatic rings. The number of thioether (sulfide) groups is 1. The molecule has 2 aromatic heterocycles. The molecule has 0 saturated heterocycles. The summed E-state index contributed by atoms with van der Waals surface area (Å²) in [5.74, 6) is -0.179. The largest absolute Gasteiger partial charge is 0.494 e. The van der Waals surface area contributed by atoms with Gasteiger partial charge in [0.25, 0.3) is 0 Å². The van der Waals surface area contributed by atoms with Crippen LogP contribution in [0.2, 0.25) is 0 Å². The lowest BCUT2D eigenvalue weighted by atomic mass is 10.2. The van der Waals surface area contributed by atoms with Crippen molar-refractivity contribution < 1.29 is 19.4 Å². The Hall–Kier alpha value is -2.69. The van der Waals surface area contributed by atoms with E-state index >= 15 is 0 Å². The van der Waals surface area contributed by atoms with Gasteiger partial charge in [-0.1, -0.05) is 23.1 Å². The third kappa shape index (κ3) is 4.50. The van der Waals surface area contributed by atoms with Gasteiger partial charge in [0.05, 0.1) is 38.4 Å². The molecule has 0 spiro atoms. The molecule has 0 fully saturated rings. The standard InChI is InChI=1S/C19H15N3O4S3/c1-2-26-11-4-6-13-15(8-11)29-19(21-13)27-9-16(23)22-18-20-12-5-3-10(17(24)25)7-14(12)28-18/h3-8H,2,9H2,1H3,(H,24,25)(H,20,22,23). The first-order valence-electron chi connectivity index (χ1n) is 8.62. The zero-order valence-electron chi connectivity index (χ0n) is 15.2. The van der Waals surface area contributed by atoms with Gasteiger partial charge < -0.3 is 15.2 Å². The Kier molecular flexibility index (Phi) is 5.65. The smallest absolute Gasteiger partial charge is 0.335 e. The van der Waals surface area contributed by atoms with E-state index in [1.165, 1.54) is 40.5 Å². The summed E-state index contributed by atoms with van der Waals surface area (Å²) in [5.41, 5.74) is 1.72. The minimum Gasteiger partial charge on any atom is -0.494 e. The molecule has 2 N–H and O–H groups in total. The zero-order valence-corrected chi connectivity index (χ0v) is 17.6. The highest BCUT2D eigenvalue weighted by atomic mass is 32.2. The average molecular weight is 446 g/mol. The summed E-state index contributed by atoms with van der Waals surface area (Å²) in [7, 11) is 0. The number of anilines is 1. The quantitative estimate of drug-likeness (QED) is 0.396. The van der Waals surface area contributed by atoms with E-state index in [0.29, 0.717) is 22.0 Å². The monoisotopic (exact) mass is 445 g/mol. The van der Waals surface area contributed by atoms with E-state index in [-0.39, 0.29) is 17.2 Å². The molecule has 0 aliphatic rings. The van der Waals surface area contributed by atoms with Crippen LogP contribution in [0.4, 0.5) is 5.13 Å². The topological polar surface area (TPSA) is 101 Å². The second-order valence-corrected chi connectivity index (χ2v) is 9.17. The summed E-state index contributed by atoms with van der Waals surface area (Å²) in [6.07, 6.45) is 0. The highest BCUT2D eigenvalue weighted by molar-refractivity contribution is 8.01. The third-order valence-corrected chi connectivity index (χ3v) is 6.95. The first-order chi connectivity index (χ1) is 14.0. The van der Waals surface area contributed by atoms with Gasteiger partial charge in [-0.2, -0.15) is 0 Å². The predicted molar refractivity (Wildman–Crippen MR) is 117 cm³/mol. The van der Waals surface area contributed by atoms with Crippen LogP contribution in [0, 0.1) is 0 Å². The van der Waals surface area contributed by atoms with E-state index in [1.54, 1.807) is 12.1 Å². The number of aromatic carboxylic acids is 1. The predicted octanol–water partition coefficient (Wildman–Crippen LogP) is 4.73. The summed E-state index contributed by atoms with van der Waals surface area (Å²) in [4.78, 5) is 32.2.